The van der Waals surface area contributed by atoms with Crippen LogP contribution in [0, 0.1) is 6.92 Å². The Morgan fingerprint density at radius 1 is 1.47 bits per heavy atom. The molecule has 0 bridgehead atoms. The molecule has 0 radical (unpaired) electrons. The van der Waals surface area contributed by atoms with Gasteiger partial charge in [0.15, 0.2) is 0 Å². The van der Waals surface area contributed by atoms with E-state index in [0.29, 0.717) is 5.76 Å². The molecular weight excluding hydrogens is 222 g/mol. The lowest BCUT2D eigenvalue weighted by Gasteiger charge is -2.08. The number of hydrogen-bond donors (Lipinski definition) is 1. The van der Waals surface area contributed by atoms with Gasteiger partial charge in [0.2, 0.25) is 5.91 Å². The largest absolute Gasteiger partial charge is 0.467 e. The van der Waals surface area contributed by atoms with E-state index in [4.69, 9.17) is 4.42 Å². The predicted octanol–water partition coefficient (Wildman–Crippen LogP) is 1.28. The molecule has 0 aliphatic carbocycles. The first kappa shape index (κ1) is 13.0. The van der Waals surface area contributed by atoms with Gasteiger partial charge in [0.1, 0.15) is 17.6 Å². The third-order valence-electron chi connectivity index (χ3n) is 2.07. The maximum atomic E-state index is 11.4. The monoisotopic (exact) mass is 237 g/mol. The molecule has 92 valence electrons. The molecule has 1 unspecified atom stereocenters. The number of carbonyl (C=O) groups excluding carboxylic acids is 2. The Morgan fingerprint density at radius 3 is 2.71 bits per heavy atom. The van der Waals surface area contributed by atoms with Gasteiger partial charge in [0.25, 0.3) is 0 Å². The quantitative estimate of drug-likeness (QED) is 0.632. The lowest BCUT2D eigenvalue weighted by molar-refractivity contribution is -0.144. The van der Waals surface area contributed by atoms with E-state index in [1.807, 2.05) is 6.92 Å². The van der Waals surface area contributed by atoms with Gasteiger partial charge >= 0.3 is 5.97 Å². The van der Waals surface area contributed by atoms with Crippen molar-refractivity contribution in [2.75, 3.05) is 7.11 Å². The molecule has 0 spiro atoms. The Bertz CT molecular complexity index is 433. The number of rotatable bonds is 4. The first-order valence-corrected chi connectivity index (χ1v) is 5.15. The maximum absolute atomic E-state index is 11.4. The number of hydrogen-bond acceptors (Lipinski definition) is 4. The second kappa shape index (κ2) is 5.89. The molecule has 0 aliphatic rings. The molecule has 17 heavy (non-hydrogen) atoms. The van der Waals surface area contributed by atoms with Crippen molar-refractivity contribution in [3.63, 3.8) is 0 Å². The van der Waals surface area contributed by atoms with E-state index in [9.17, 15) is 9.59 Å². The minimum Gasteiger partial charge on any atom is -0.467 e. The predicted molar refractivity (Wildman–Crippen MR) is 62.1 cm³/mol. The molecule has 1 atom stereocenters. The van der Waals surface area contributed by atoms with Gasteiger partial charge in [0, 0.05) is 6.08 Å². The van der Waals surface area contributed by atoms with Gasteiger partial charge in [-0.1, -0.05) is 0 Å². The topological polar surface area (TPSA) is 68.5 Å². The van der Waals surface area contributed by atoms with Crippen LogP contribution >= 0.6 is 0 Å². The average Bonchev–Trinajstić information content (AvgIpc) is 2.71. The Morgan fingerprint density at radius 2 is 2.18 bits per heavy atom. The van der Waals surface area contributed by atoms with Crippen molar-refractivity contribution in [3.05, 3.63) is 29.7 Å². The van der Waals surface area contributed by atoms with Gasteiger partial charge in [-0.2, -0.15) is 0 Å². The van der Waals surface area contributed by atoms with Crippen LogP contribution in [0.1, 0.15) is 18.4 Å². The van der Waals surface area contributed by atoms with Gasteiger partial charge in [0.05, 0.1) is 7.11 Å². The number of furan rings is 1. The summed E-state index contributed by atoms with van der Waals surface area (Å²) in [5.74, 6) is 0.494. The Kier molecular flexibility index (Phi) is 4.51. The molecule has 0 fully saturated rings. The highest BCUT2D eigenvalue weighted by Crippen LogP contribution is 2.07. The summed E-state index contributed by atoms with van der Waals surface area (Å²) in [6, 6.07) is 2.88. The maximum Gasteiger partial charge on any atom is 0.328 e. The summed E-state index contributed by atoms with van der Waals surface area (Å²) in [4.78, 5) is 22.5. The molecule has 0 saturated heterocycles. The zero-order valence-corrected chi connectivity index (χ0v) is 10.0. The zero-order chi connectivity index (χ0) is 12.8. The van der Waals surface area contributed by atoms with Crippen molar-refractivity contribution in [2.45, 2.75) is 19.9 Å². The van der Waals surface area contributed by atoms with Crippen LogP contribution in [0.25, 0.3) is 6.08 Å². The molecule has 5 heteroatoms. The van der Waals surface area contributed by atoms with Crippen molar-refractivity contribution in [1.82, 2.24) is 5.32 Å². The molecular formula is C12H15NO4. The van der Waals surface area contributed by atoms with Crippen molar-refractivity contribution in [2.24, 2.45) is 0 Å². The first-order valence-electron chi connectivity index (χ1n) is 5.15. The van der Waals surface area contributed by atoms with Gasteiger partial charge in [-0.05, 0) is 32.1 Å². The molecule has 0 saturated carbocycles. The number of nitrogens with one attached hydrogen (secondary N) is 1. The van der Waals surface area contributed by atoms with Crippen LogP contribution in [0.4, 0.5) is 0 Å². The summed E-state index contributed by atoms with van der Waals surface area (Å²) in [6.45, 7) is 3.37. The lowest BCUT2D eigenvalue weighted by Crippen LogP contribution is -2.38. The van der Waals surface area contributed by atoms with Crippen LogP contribution < -0.4 is 5.32 Å². The SMILES string of the molecule is COC(=O)C(C)NC(=O)C=Cc1ccc(C)o1. The zero-order valence-electron chi connectivity index (χ0n) is 10.0. The number of methoxy groups -OCH3 is 1. The molecule has 5 nitrogen and oxygen atoms in total. The highest BCUT2D eigenvalue weighted by atomic mass is 16.5. The van der Waals surface area contributed by atoms with Crippen LogP contribution in [0.15, 0.2) is 22.6 Å². The van der Waals surface area contributed by atoms with Crippen molar-refractivity contribution < 1.29 is 18.7 Å². The molecule has 1 N–H and O–H groups in total. The second-order valence-corrected chi connectivity index (χ2v) is 3.54. The fraction of sp³-hybridized carbons (Fsp3) is 0.333. The van der Waals surface area contributed by atoms with Crippen molar-refractivity contribution >= 4 is 18.0 Å². The van der Waals surface area contributed by atoms with Crippen LogP contribution in [0.5, 0.6) is 0 Å². The van der Waals surface area contributed by atoms with Crippen LogP contribution in [0.2, 0.25) is 0 Å². The van der Waals surface area contributed by atoms with E-state index in [-0.39, 0.29) is 5.91 Å². The van der Waals surface area contributed by atoms with Gasteiger partial charge < -0.3 is 14.5 Å². The summed E-state index contributed by atoms with van der Waals surface area (Å²) in [5, 5.41) is 2.47. The number of carbonyl (C=O) groups is 2. The summed E-state index contributed by atoms with van der Waals surface area (Å²) >= 11 is 0. The lowest BCUT2D eigenvalue weighted by atomic mass is 10.3. The average molecular weight is 237 g/mol. The molecule has 1 aromatic heterocycles. The number of esters is 1. The van der Waals surface area contributed by atoms with Gasteiger partial charge in [-0.3, -0.25) is 4.79 Å². The minimum absolute atomic E-state index is 0.378. The Labute approximate surface area is 99.4 Å². The van der Waals surface area contributed by atoms with E-state index in [1.54, 1.807) is 19.1 Å². The fourth-order valence-corrected chi connectivity index (χ4v) is 1.20. The standard InChI is InChI=1S/C12H15NO4/c1-8-4-5-10(17-8)6-7-11(14)13-9(2)12(15)16-3/h4-7,9H,1-3H3,(H,13,14). The smallest absolute Gasteiger partial charge is 0.328 e. The molecule has 1 amide bonds. The van der Waals surface area contributed by atoms with E-state index in [1.165, 1.54) is 19.3 Å². The van der Waals surface area contributed by atoms with Crippen molar-refractivity contribution in [1.29, 1.82) is 0 Å². The summed E-state index contributed by atoms with van der Waals surface area (Å²) in [5.41, 5.74) is 0. The summed E-state index contributed by atoms with van der Waals surface area (Å²) < 4.78 is 9.73. The molecule has 1 rings (SSSR count). The highest BCUT2D eigenvalue weighted by molar-refractivity contribution is 5.94. The Hall–Kier alpha value is -2.04. The number of ether oxygens (including phenoxy) is 1. The normalized spacial score (nSPS) is 12.4. The van der Waals surface area contributed by atoms with Gasteiger partial charge in [-0.25, -0.2) is 4.79 Å². The Balaban J connectivity index is 2.50. The highest BCUT2D eigenvalue weighted by Gasteiger charge is 2.13. The number of amides is 1. The minimum atomic E-state index is -0.671. The molecule has 0 aliphatic heterocycles. The number of aryl methyl sites for hydroxylation is 1. The molecule has 1 aromatic rings. The molecule has 1 heterocycles. The van der Waals surface area contributed by atoms with E-state index in [0.717, 1.165) is 5.76 Å². The summed E-state index contributed by atoms with van der Waals surface area (Å²) in [6.07, 6.45) is 2.84. The third-order valence-corrected chi connectivity index (χ3v) is 2.07. The van der Waals surface area contributed by atoms with E-state index >= 15 is 0 Å². The van der Waals surface area contributed by atoms with Crippen molar-refractivity contribution in [3.8, 4) is 0 Å². The third kappa shape index (κ3) is 4.14. The molecule has 0 aromatic carbocycles. The van der Waals surface area contributed by atoms with Gasteiger partial charge in [-0.15, -0.1) is 0 Å². The van der Waals surface area contributed by atoms with Crippen LogP contribution in [-0.4, -0.2) is 25.0 Å². The van der Waals surface area contributed by atoms with E-state index in [2.05, 4.69) is 10.1 Å². The first-order chi connectivity index (χ1) is 8.02. The van der Waals surface area contributed by atoms with Crippen LogP contribution in [-0.2, 0) is 14.3 Å². The second-order valence-electron chi connectivity index (χ2n) is 3.54. The van der Waals surface area contributed by atoms with E-state index < -0.39 is 12.0 Å². The van der Waals surface area contributed by atoms with Crippen LogP contribution in [0.3, 0.4) is 0 Å². The summed E-state index contributed by atoms with van der Waals surface area (Å²) in [7, 11) is 1.27. The fourth-order valence-electron chi connectivity index (χ4n) is 1.20.